The van der Waals surface area contributed by atoms with Gasteiger partial charge in [0, 0.05) is 5.02 Å². The molecule has 0 spiro atoms. The van der Waals surface area contributed by atoms with E-state index in [-0.39, 0.29) is 16.4 Å². The zero-order valence-corrected chi connectivity index (χ0v) is 14.3. The molecule has 1 aromatic rings. The van der Waals surface area contributed by atoms with E-state index in [1.165, 1.54) is 6.07 Å². The Morgan fingerprint density at radius 1 is 1.09 bits per heavy atom. The summed E-state index contributed by atoms with van der Waals surface area (Å²) in [5.41, 5.74) is -1.41. The van der Waals surface area contributed by atoms with Crippen LogP contribution >= 0.6 is 11.6 Å². The fourth-order valence-electron chi connectivity index (χ4n) is 2.73. The normalized spacial score (nSPS) is 23.4. The maximum atomic E-state index is 13.4. The molecule has 1 aliphatic heterocycles. The molecule has 2 nitrogen and oxygen atoms in total. The van der Waals surface area contributed by atoms with Gasteiger partial charge in [-0.3, -0.25) is 0 Å². The van der Waals surface area contributed by atoms with Gasteiger partial charge in [-0.2, -0.15) is 13.2 Å². The summed E-state index contributed by atoms with van der Waals surface area (Å²) < 4.78 is 52.0. The Morgan fingerprint density at radius 3 is 2.04 bits per heavy atom. The first-order chi connectivity index (χ1) is 10.4. The van der Waals surface area contributed by atoms with E-state index >= 15 is 0 Å². The van der Waals surface area contributed by atoms with Crippen LogP contribution in [0.1, 0.15) is 57.6 Å². The highest BCUT2D eigenvalue weighted by molar-refractivity contribution is 6.62. The molecule has 0 unspecified atom stereocenters. The largest absolute Gasteiger partial charge is 0.495 e. The number of halogens is 4. The lowest BCUT2D eigenvalue weighted by molar-refractivity contribution is -0.136. The number of benzene rings is 1. The van der Waals surface area contributed by atoms with E-state index in [0.717, 1.165) is 24.5 Å². The smallest absolute Gasteiger partial charge is 0.399 e. The molecule has 3 rings (SSSR count). The average Bonchev–Trinajstić information content (AvgIpc) is 3.16. The molecule has 0 atom stereocenters. The number of rotatable bonds is 2. The van der Waals surface area contributed by atoms with Crippen LogP contribution in [-0.4, -0.2) is 18.3 Å². The zero-order chi connectivity index (χ0) is 17.2. The first-order valence-corrected chi connectivity index (χ1v) is 8.06. The van der Waals surface area contributed by atoms with E-state index in [1.807, 2.05) is 27.7 Å². The molecule has 1 saturated heterocycles. The van der Waals surface area contributed by atoms with E-state index in [1.54, 1.807) is 0 Å². The van der Waals surface area contributed by atoms with E-state index in [4.69, 9.17) is 20.9 Å². The molecule has 0 radical (unpaired) electrons. The summed E-state index contributed by atoms with van der Waals surface area (Å²) in [6.45, 7) is 7.27. The lowest BCUT2D eigenvalue weighted by Crippen LogP contribution is -2.41. The molecule has 1 heterocycles. The highest BCUT2D eigenvalue weighted by Gasteiger charge is 2.54. The van der Waals surface area contributed by atoms with Gasteiger partial charge in [-0.1, -0.05) is 17.7 Å². The van der Waals surface area contributed by atoms with Crippen LogP contribution in [0.5, 0.6) is 0 Å². The molecule has 7 heteroatoms. The second-order valence-corrected chi connectivity index (χ2v) is 7.73. The van der Waals surface area contributed by atoms with Gasteiger partial charge in [-0.05, 0) is 63.5 Å². The van der Waals surface area contributed by atoms with Gasteiger partial charge in [0.1, 0.15) is 0 Å². The predicted octanol–water partition coefficient (Wildman–Crippen LogP) is 4.54. The molecule has 2 fully saturated rings. The molecule has 2 aliphatic rings. The molecule has 0 aromatic heterocycles. The monoisotopic (exact) mass is 346 g/mol. The van der Waals surface area contributed by atoms with Crippen molar-refractivity contribution in [1.29, 1.82) is 0 Å². The third-order valence-corrected chi connectivity index (χ3v) is 5.33. The summed E-state index contributed by atoms with van der Waals surface area (Å²) in [5, 5.41) is 0.167. The molecule has 126 valence electrons. The Bertz CT molecular complexity index is 623. The molecule has 0 bridgehead atoms. The molecule has 0 N–H and O–H groups in total. The second kappa shape index (κ2) is 5.14. The van der Waals surface area contributed by atoms with Gasteiger partial charge in [0.15, 0.2) is 0 Å². The summed E-state index contributed by atoms with van der Waals surface area (Å²) >= 11 is 6.08. The van der Waals surface area contributed by atoms with Crippen molar-refractivity contribution in [2.45, 2.75) is 63.8 Å². The topological polar surface area (TPSA) is 18.5 Å². The summed E-state index contributed by atoms with van der Waals surface area (Å²) in [4.78, 5) is 0. The van der Waals surface area contributed by atoms with Crippen LogP contribution < -0.4 is 5.46 Å². The molecule has 23 heavy (non-hydrogen) atoms. The fraction of sp³-hybridized carbons (Fsp3) is 0.625. The summed E-state index contributed by atoms with van der Waals surface area (Å²) in [6.07, 6.45) is -2.60. The van der Waals surface area contributed by atoms with E-state index in [2.05, 4.69) is 0 Å². The van der Waals surface area contributed by atoms with Gasteiger partial charge >= 0.3 is 13.3 Å². The van der Waals surface area contributed by atoms with Gasteiger partial charge in [0.25, 0.3) is 0 Å². The zero-order valence-electron chi connectivity index (χ0n) is 13.6. The SMILES string of the molecule is CC1(C)OB(c2cc(C3CC3)c(Cl)cc2C(F)(F)F)OC1(C)C. The van der Waals surface area contributed by atoms with E-state index < -0.39 is 30.1 Å². The Balaban J connectivity index is 2.08. The molecular weight excluding hydrogens is 327 g/mol. The van der Waals surface area contributed by atoms with Crippen molar-refractivity contribution in [3.63, 3.8) is 0 Å². The lowest BCUT2D eigenvalue weighted by atomic mass is 9.74. The highest BCUT2D eigenvalue weighted by atomic mass is 35.5. The minimum Gasteiger partial charge on any atom is -0.399 e. The van der Waals surface area contributed by atoms with Gasteiger partial charge in [-0.15, -0.1) is 0 Å². The Morgan fingerprint density at radius 2 is 1.61 bits per heavy atom. The van der Waals surface area contributed by atoms with E-state index in [9.17, 15) is 13.2 Å². The Hall–Kier alpha value is -0.715. The maximum Gasteiger partial charge on any atom is 0.495 e. The van der Waals surface area contributed by atoms with Crippen LogP contribution in [-0.2, 0) is 15.5 Å². The predicted molar refractivity (Wildman–Crippen MR) is 84.1 cm³/mol. The third-order valence-electron chi connectivity index (χ3n) is 5.00. The lowest BCUT2D eigenvalue weighted by Gasteiger charge is -2.32. The molecule has 1 aliphatic carbocycles. The van der Waals surface area contributed by atoms with Gasteiger partial charge in [0.2, 0.25) is 0 Å². The van der Waals surface area contributed by atoms with Gasteiger partial charge in [0.05, 0.1) is 16.8 Å². The van der Waals surface area contributed by atoms with Crippen molar-refractivity contribution >= 4 is 24.2 Å². The quantitative estimate of drug-likeness (QED) is 0.732. The number of hydrogen-bond acceptors (Lipinski definition) is 2. The van der Waals surface area contributed by atoms with Crippen LogP contribution in [0.25, 0.3) is 0 Å². The Kier molecular flexibility index (Phi) is 3.82. The summed E-state index contributed by atoms with van der Waals surface area (Å²) in [7, 11) is -1.05. The van der Waals surface area contributed by atoms with Crippen LogP contribution in [0.2, 0.25) is 5.02 Å². The van der Waals surface area contributed by atoms with Crippen LogP contribution in [0.15, 0.2) is 12.1 Å². The maximum absolute atomic E-state index is 13.4. The van der Waals surface area contributed by atoms with Crippen molar-refractivity contribution in [2.24, 2.45) is 0 Å². The summed E-state index contributed by atoms with van der Waals surface area (Å²) in [6, 6.07) is 2.53. The number of alkyl halides is 3. The number of hydrogen-bond donors (Lipinski definition) is 0. The van der Waals surface area contributed by atoms with Crippen molar-refractivity contribution in [2.75, 3.05) is 0 Å². The summed E-state index contributed by atoms with van der Waals surface area (Å²) in [5.74, 6) is 0.242. The fourth-order valence-corrected chi connectivity index (χ4v) is 3.04. The molecular formula is C16H19BClF3O2. The Labute approximate surface area is 139 Å². The standard InChI is InChI=1S/C16H19BClF3O2/c1-14(2)15(3,4)23-17(22-14)12-7-10(9-5-6-9)13(18)8-11(12)16(19,20)21/h7-9H,5-6H2,1-4H3. The van der Waals surface area contributed by atoms with Crippen LogP contribution in [0, 0.1) is 0 Å². The van der Waals surface area contributed by atoms with Crippen molar-refractivity contribution < 1.29 is 22.5 Å². The van der Waals surface area contributed by atoms with Crippen molar-refractivity contribution in [3.05, 3.63) is 28.3 Å². The van der Waals surface area contributed by atoms with Gasteiger partial charge < -0.3 is 9.31 Å². The van der Waals surface area contributed by atoms with E-state index in [0.29, 0.717) is 0 Å². The minimum absolute atomic E-state index is 0.0162. The van der Waals surface area contributed by atoms with Crippen LogP contribution in [0.4, 0.5) is 13.2 Å². The molecule has 1 saturated carbocycles. The second-order valence-electron chi connectivity index (χ2n) is 7.32. The minimum atomic E-state index is -4.51. The highest BCUT2D eigenvalue weighted by Crippen LogP contribution is 2.45. The molecule has 0 amide bonds. The average molecular weight is 347 g/mol. The van der Waals surface area contributed by atoms with Crippen LogP contribution in [0.3, 0.4) is 0 Å². The first-order valence-electron chi connectivity index (χ1n) is 7.68. The third kappa shape index (κ3) is 3.01. The van der Waals surface area contributed by atoms with Crippen molar-refractivity contribution in [1.82, 2.24) is 0 Å². The molecule has 1 aromatic carbocycles. The first kappa shape index (κ1) is 17.1. The van der Waals surface area contributed by atoms with Crippen molar-refractivity contribution in [3.8, 4) is 0 Å². The van der Waals surface area contributed by atoms with Gasteiger partial charge in [-0.25, -0.2) is 0 Å².